The van der Waals surface area contributed by atoms with E-state index in [0.29, 0.717) is 31.5 Å². The highest BCUT2D eigenvalue weighted by Crippen LogP contribution is 2.19. The fourth-order valence-corrected chi connectivity index (χ4v) is 3.59. The zero-order chi connectivity index (χ0) is 19.6. The van der Waals surface area contributed by atoms with Gasteiger partial charge in [-0.2, -0.15) is 0 Å². The maximum Gasteiger partial charge on any atom is 0.246 e. The number of nitrogens with zero attached hydrogens (tertiary/aromatic N) is 3. The fraction of sp³-hybridized carbons (Fsp3) is 0.588. The lowest BCUT2D eigenvalue weighted by Gasteiger charge is -2.28. The molecule has 0 spiro atoms. The number of aryl methyl sites for hydroxylation is 1. The molecule has 10 nitrogen and oxygen atoms in total. The Bertz CT molecular complexity index is 760. The molecule has 27 heavy (non-hydrogen) atoms. The minimum Gasteiger partial charge on any atom is -0.368 e. The van der Waals surface area contributed by atoms with E-state index in [2.05, 4.69) is 15.6 Å². The topological polar surface area (TPSA) is 139 Å². The molecule has 0 bridgehead atoms. The third-order valence-electron chi connectivity index (χ3n) is 4.96. The molecular weight excluding hydrogens is 352 g/mol. The normalized spacial score (nSPS) is 23.1. The maximum absolute atomic E-state index is 13.1. The van der Waals surface area contributed by atoms with Gasteiger partial charge in [0.05, 0.1) is 12.0 Å². The molecule has 3 heterocycles. The summed E-state index contributed by atoms with van der Waals surface area (Å²) in [5.41, 5.74) is 6.05. The summed E-state index contributed by atoms with van der Waals surface area (Å²) < 4.78 is 1.75. The molecule has 3 rings (SSSR count). The van der Waals surface area contributed by atoms with Gasteiger partial charge in [0, 0.05) is 32.6 Å². The number of imidazole rings is 1. The Morgan fingerprint density at radius 1 is 1.41 bits per heavy atom. The summed E-state index contributed by atoms with van der Waals surface area (Å²) in [4.78, 5) is 54.2. The van der Waals surface area contributed by atoms with E-state index in [1.54, 1.807) is 17.1 Å². The van der Waals surface area contributed by atoms with Crippen molar-refractivity contribution in [3.8, 4) is 0 Å². The highest BCUT2D eigenvalue weighted by Gasteiger charge is 2.38. The second-order valence-electron chi connectivity index (χ2n) is 7.05. The average Bonchev–Trinajstić information content (AvgIpc) is 3.34. The smallest absolute Gasteiger partial charge is 0.246 e. The summed E-state index contributed by atoms with van der Waals surface area (Å²) in [7, 11) is 1.81. The van der Waals surface area contributed by atoms with Gasteiger partial charge in [-0.3, -0.25) is 19.2 Å². The van der Waals surface area contributed by atoms with E-state index in [9.17, 15) is 19.2 Å². The number of carbonyl (C=O) groups is 4. The van der Waals surface area contributed by atoms with Gasteiger partial charge >= 0.3 is 0 Å². The van der Waals surface area contributed by atoms with E-state index in [0.717, 1.165) is 0 Å². The molecule has 146 valence electrons. The van der Waals surface area contributed by atoms with Gasteiger partial charge in [0.15, 0.2) is 0 Å². The van der Waals surface area contributed by atoms with Crippen LogP contribution in [0.2, 0.25) is 0 Å². The Balaban J connectivity index is 1.76. The van der Waals surface area contributed by atoms with Crippen LogP contribution in [0, 0.1) is 0 Å². The minimum atomic E-state index is -0.884. The number of nitrogens with one attached hydrogen (secondary N) is 2. The van der Waals surface area contributed by atoms with Crippen LogP contribution in [-0.2, 0) is 32.6 Å². The van der Waals surface area contributed by atoms with Crippen molar-refractivity contribution in [1.29, 1.82) is 0 Å². The first-order valence-electron chi connectivity index (χ1n) is 9.01. The van der Waals surface area contributed by atoms with Crippen molar-refractivity contribution in [2.75, 3.05) is 6.54 Å². The quantitative estimate of drug-likeness (QED) is 0.538. The number of likely N-dealkylation sites (tertiary alicyclic amines) is 1. The first-order chi connectivity index (χ1) is 12.8. The van der Waals surface area contributed by atoms with E-state index < -0.39 is 29.9 Å². The van der Waals surface area contributed by atoms with Crippen LogP contribution >= 0.6 is 0 Å². The number of carbonyl (C=O) groups excluding carboxylic acids is 4. The number of aromatic nitrogens is 2. The molecule has 3 atom stereocenters. The lowest BCUT2D eigenvalue weighted by atomic mass is 10.1. The molecule has 4 N–H and O–H groups in total. The van der Waals surface area contributed by atoms with Crippen LogP contribution in [0.3, 0.4) is 0 Å². The molecule has 1 aromatic rings. The Kier molecular flexibility index (Phi) is 5.43. The van der Waals surface area contributed by atoms with E-state index in [4.69, 9.17) is 5.73 Å². The lowest BCUT2D eigenvalue weighted by molar-refractivity contribution is -0.140. The van der Waals surface area contributed by atoms with Gasteiger partial charge < -0.3 is 25.8 Å². The Morgan fingerprint density at radius 2 is 2.19 bits per heavy atom. The number of nitrogens with two attached hydrogens (primary N) is 1. The molecule has 2 fully saturated rings. The van der Waals surface area contributed by atoms with Crippen molar-refractivity contribution >= 4 is 23.6 Å². The largest absolute Gasteiger partial charge is 0.368 e. The van der Waals surface area contributed by atoms with Gasteiger partial charge in [-0.15, -0.1) is 0 Å². The summed E-state index contributed by atoms with van der Waals surface area (Å²) in [6.45, 7) is 0.418. The first kappa shape index (κ1) is 18.9. The Morgan fingerprint density at radius 3 is 2.78 bits per heavy atom. The summed E-state index contributed by atoms with van der Waals surface area (Å²) in [6.07, 6.45) is 5.44. The van der Waals surface area contributed by atoms with Crippen molar-refractivity contribution in [2.24, 2.45) is 12.8 Å². The van der Waals surface area contributed by atoms with Crippen molar-refractivity contribution in [3.63, 3.8) is 0 Å². The molecule has 0 unspecified atom stereocenters. The predicted molar refractivity (Wildman–Crippen MR) is 93.9 cm³/mol. The summed E-state index contributed by atoms with van der Waals surface area (Å²) in [6, 6.07) is -2.20. The highest BCUT2D eigenvalue weighted by molar-refractivity contribution is 5.95. The molecule has 0 radical (unpaired) electrons. The highest BCUT2D eigenvalue weighted by atomic mass is 16.2. The van der Waals surface area contributed by atoms with Gasteiger partial charge in [0.25, 0.3) is 0 Å². The second kappa shape index (κ2) is 7.77. The van der Waals surface area contributed by atoms with E-state index in [-0.39, 0.29) is 24.7 Å². The van der Waals surface area contributed by atoms with Crippen LogP contribution in [-0.4, -0.2) is 62.7 Å². The third kappa shape index (κ3) is 4.26. The molecule has 0 aliphatic carbocycles. The number of rotatable bonds is 6. The second-order valence-corrected chi connectivity index (χ2v) is 7.05. The van der Waals surface area contributed by atoms with Gasteiger partial charge in [0.2, 0.25) is 23.6 Å². The van der Waals surface area contributed by atoms with Crippen LogP contribution in [0.15, 0.2) is 12.5 Å². The predicted octanol–water partition coefficient (Wildman–Crippen LogP) is -1.80. The lowest BCUT2D eigenvalue weighted by Crippen LogP contribution is -2.56. The Labute approximate surface area is 156 Å². The SMILES string of the molecule is Cn1cnc(C[C@H](NC(=O)[C@H]2CCC(=O)N2)C(=O)N2CCC[C@H]2C(N)=O)c1. The summed E-state index contributed by atoms with van der Waals surface area (Å²) in [5.74, 6) is -1.51. The van der Waals surface area contributed by atoms with E-state index in [1.165, 1.54) is 4.90 Å². The van der Waals surface area contributed by atoms with E-state index in [1.807, 2.05) is 7.05 Å². The molecule has 4 amide bonds. The van der Waals surface area contributed by atoms with Gasteiger partial charge in [-0.25, -0.2) is 4.98 Å². The van der Waals surface area contributed by atoms with Crippen molar-refractivity contribution < 1.29 is 19.2 Å². The molecule has 2 aliphatic rings. The van der Waals surface area contributed by atoms with Crippen LogP contribution in [0.25, 0.3) is 0 Å². The number of hydrogen-bond acceptors (Lipinski definition) is 5. The maximum atomic E-state index is 13.1. The monoisotopic (exact) mass is 376 g/mol. The molecule has 1 aromatic heterocycles. The fourth-order valence-electron chi connectivity index (χ4n) is 3.59. The summed E-state index contributed by atoms with van der Waals surface area (Å²) in [5, 5.41) is 5.32. The molecule has 10 heteroatoms. The Hall–Kier alpha value is -2.91. The first-order valence-corrected chi connectivity index (χ1v) is 9.01. The van der Waals surface area contributed by atoms with Crippen LogP contribution < -0.4 is 16.4 Å². The van der Waals surface area contributed by atoms with Crippen LogP contribution in [0.1, 0.15) is 31.4 Å². The standard InChI is InChI=1S/C17H24N6O4/c1-22-8-10(19-9-22)7-12(21-16(26)11-4-5-14(24)20-11)17(27)23-6-2-3-13(23)15(18)25/h8-9,11-13H,2-7H2,1H3,(H2,18,25)(H,20,24)(H,21,26)/t11-,12+,13+/m1/s1. The number of primary amides is 1. The third-order valence-corrected chi connectivity index (χ3v) is 4.96. The average molecular weight is 376 g/mol. The number of hydrogen-bond donors (Lipinski definition) is 3. The zero-order valence-electron chi connectivity index (χ0n) is 15.2. The zero-order valence-corrected chi connectivity index (χ0v) is 15.2. The van der Waals surface area contributed by atoms with Gasteiger partial charge in [0.1, 0.15) is 18.1 Å². The molecule has 0 saturated carbocycles. The van der Waals surface area contributed by atoms with Gasteiger partial charge in [-0.1, -0.05) is 0 Å². The molecule has 2 aliphatic heterocycles. The minimum absolute atomic E-state index is 0.184. The van der Waals surface area contributed by atoms with Crippen molar-refractivity contribution in [1.82, 2.24) is 25.1 Å². The summed E-state index contributed by atoms with van der Waals surface area (Å²) >= 11 is 0. The van der Waals surface area contributed by atoms with Crippen molar-refractivity contribution in [2.45, 2.75) is 50.2 Å². The van der Waals surface area contributed by atoms with Crippen molar-refractivity contribution in [3.05, 3.63) is 18.2 Å². The van der Waals surface area contributed by atoms with Gasteiger partial charge in [-0.05, 0) is 19.3 Å². The molecule has 0 aromatic carbocycles. The molecule has 2 saturated heterocycles. The number of amides is 4. The molecular formula is C17H24N6O4. The van der Waals surface area contributed by atoms with Crippen LogP contribution in [0.5, 0.6) is 0 Å². The van der Waals surface area contributed by atoms with E-state index >= 15 is 0 Å². The van der Waals surface area contributed by atoms with Crippen LogP contribution in [0.4, 0.5) is 0 Å².